The lowest BCUT2D eigenvalue weighted by Crippen LogP contribution is -2.28. The SMILES string of the molecule is Clc1cc(Cl)c2nc(-c3ccc4ccccc4c3)c(CN3CCCNCC3)n2c1. The van der Waals surface area contributed by atoms with E-state index in [-0.39, 0.29) is 0 Å². The Morgan fingerprint density at radius 2 is 1.83 bits per heavy atom. The number of hydrogen-bond acceptors (Lipinski definition) is 3. The summed E-state index contributed by atoms with van der Waals surface area (Å²) in [6, 6.07) is 16.7. The molecule has 0 bridgehead atoms. The van der Waals surface area contributed by atoms with E-state index in [0.29, 0.717) is 10.0 Å². The third kappa shape index (κ3) is 3.74. The first-order valence-electron chi connectivity index (χ1n) is 9.97. The molecule has 1 aliphatic heterocycles. The van der Waals surface area contributed by atoms with Crippen LogP contribution < -0.4 is 5.32 Å². The first-order chi connectivity index (χ1) is 14.2. The van der Waals surface area contributed by atoms with Crippen molar-refractivity contribution in [1.82, 2.24) is 19.6 Å². The van der Waals surface area contributed by atoms with Gasteiger partial charge in [-0.25, -0.2) is 4.98 Å². The molecule has 1 fully saturated rings. The summed E-state index contributed by atoms with van der Waals surface area (Å²) in [6.07, 6.45) is 3.06. The van der Waals surface area contributed by atoms with Crippen LogP contribution >= 0.6 is 23.2 Å². The molecule has 5 rings (SSSR count). The molecule has 1 N–H and O–H groups in total. The van der Waals surface area contributed by atoms with E-state index < -0.39 is 0 Å². The first kappa shape index (κ1) is 18.9. The summed E-state index contributed by atoms with van der Waals surface area (Å²) in [5, 5.41) is 7.09. The number of imidazole rings is 1. The molecule has 0 amide bonds. The van der Waals surface area contributed by atoms with E-state index >= 15 is 0 Å². The molecule has 148 valence electrons. The molecule has 0 radical (unpaired) electrons. The average Bonchev–Trinajstić information content (AvgIpc) is 2.89. The van der Waals surface area contributed by atoms with Gasteiger partial charge in [0, 0.05) is 31.4 Å². The van der Waals surface area contributed by atoms with Crippen molar-refractivity contribution in [2.24, 2.45) is 0 Å². The second kappa shape index (κ2) is 7.96. The molecule has 1 aliphatic rings. The molecule has 4 aromatic rings. The fourth-order valence-electron chi connectivity index (χ4n) is 4.11. The number of benzene rings is 2. The van der Waals surface area contributed by atoms with Gasteiger partial charge >= 0.3 is 0 Å². The smallest absolute Gasteiger partial charge is 0.156 e. The Kier molecular flexibility index (Phi) is 5.18. The van der Waals surface area contributed by atoms with Crippen LogP contribution in [0.25, 0.3) is 27.7 Å². The van der Waals surface area contributed by atoms with Crippen LogP contribution in [0.1, 0.15) is 12.1 Å². The minimum Gasteiger partial charge on any atom is -0.315 e. The number of aromatic nitrogens is 2. The summed E-state index contributed by atoms with van der Waals surface area (Å²) in [6.45, 7) is 4.95. The van der Waals surface area contributed by atoms with Gasteiger partial charge < -0.3 is 5.32 Å². The topological polar surface area (TPSA) is 32.6 Å². The molecule has 29 heavy (non-hydrogen) atoms. The summed E-state index contributed by atoms with van der Waals surface area (Å²) in [4.78, 5) is 7.42. The quantitative estimate of drug-likeness (QED) is 0.486. The zero-order valence-corrected chi connectivity index (χ0v) is 17.5. The van der Waals surface area contributed by atoms with Crippen LogP contribution in [0, 0.1) is 0 Å². The van der Waals surface area contributed by atoms with Crippen molar-refractivity contribution < 1.29 is 0 Å². The van der Waals surface area contributed by atoms with Gasteiger partial charge in [-0.05, 0) is 42.4 Å². The number of halogens is 2. The highest BCUT2D eigenvalue weighted by molar-refractivity contribution is 6.36. The number of nitrogens with zero attached hydrogens (tertiary/aromatic N) is 3. The van der Waals surface area contributed by atoms with Gasteiger partial charge in [0.15, 0.2) is 5.65 Å². The molecule has 2 aromatic heterocycles. The van der Waals surface area contributed by atoms with Crippen molar-refractivity contribution >= 4 is 39.6 Å². The number of hydrogen-bond donors (Lipinski definition) is 1. The fourth-order valence-corrected chi connectivity index (χ4v) is 4.62. The minimum atomic E-state index is 0.573. The summed E-state index contributed by atoms with van der Waals surface area (Å²) in [5.41, 5.74) is 3.95. The maximum atomic E-state index is 6.51. The van der Waals surface area contributed by atoms with Crippen molar-refractivity contribution in [2.75, 3.05) is 26.2 Å². The lowest BCUT2D eigenvalue weighted by atomic mass is 10.0. The van der Waals surface area contributed by atoms with Gasteiger partial charge in [0.2, 0.25) is 0 Å². The van der Waals surface area contributed by atoms with E-state index in [4.69, 9.17) is 28.2 Å². The lowest BCUT2D eigenvalue weighted by molar-refractivity contribution is 0.281. The third-order valence-corrected chi connectivity index (χ3v) is 6.05. The van der Waals surface area contributed by atoms with Crippen LogP contribution in [0.3, 0.4) is 0 Å². The van der Waals surface area contributed by atoms with Gasteiger partial charge in [-0.15, -0.1) is 0 Å². The zero-order chi connectivity index (χ0) is 19.8. The maximum absolute atomic E-state index is 6.51. The maximum Gasteiger partial charge on any atom is 0.156 e. The van der Waals surface area contributed by atoms with E-state index in [1.165, 1.54) is 10.8 Å². The van der Waals surface area contributed by atoms with Crippen LogP contribution in [0.2, 0.25) is 10.0 Å². The first-order valence-corrected chi connectivity index (χ1v) is 10.7. The monoisotopic (exact) mass is 424 g/mol. The van der Waals surface area contributed by atoms with Gasteiger partial charge in [0.1, 0.15) is 0 Å². The average molecular weight is 425 g/mol. The van der Waals surface area contributed by atoms with E-state index in [2.05, 4.69) is 57.1 Å². The number of pyridine rings is 1. The summed E-state index contributed by atoms with van der Waals surface area (Å²) in [7, 11) is 0. The zero-order valence-electron chi connectivity index (χ0n) is 16.0. The molecule has 4 nitrogen and oxygen atoms in total. The predicted octanol–water partition coefficient (Wildman–Crippen LogP) is 5.26. The van der Waals surface area contributed by atoms with E-state index in [9.17, 15) is 0 Å². The molecule has 0 spiro atoms. The number of fused-ring (bicyclic) bond motifs is 2. The van der Waals surface area contributed by atoms with Gasteiger partial charge in [-0.3, -0.25) is 9.30 Å². The van der Waals surface area contributed by atoms with Crippen molar-refractivity contribution in [2.45, 2.75) is 13.0 Å². The molecule has 0 unspecified atom stereocenters. The molecule has 0 atom stereocenters. The Morgan fingerprint density at radius 3 is 2.72 bits per heavy atom. The Hall–Kier alpha value is -2.11. The van der Waals surface area contributed by atoms with E-state index in [0.717, 1.165) is 61.7 Å². The second-order valence-corrected chi connectivity index (χ2v) is 8.39. The summed E-state index contributed by atoms with van der Waals surface area (Å²) >= 11 is 12.8. The highest BCUT2D eigenvalue weighted by Crippen LogP contribution is 2.32. The molecule has 2 aromatic carbocycles. The standard InChI is InChI=1S/C23H22Cl2N4/c24-19-13-20(25)23-27-22(18-7-6-16-4-1-2-5-17(16)12-18)21(29(23)14-19)15-28-10-3-8-26-9-11-28/h1-2,4-7,12-14,26H,3,8-11,15H2. The van der Waals surface area contributed by atoms with Gasteiger partial charge in [-0.2, -0.15) is 0 Å². The fraction of sp³-hybridized carbons (Fsp3) is 0.261. The Balaban J connectivity index is 1.67. The van der Waals surface area contributed by atoms with Crippen molar-refractivity contribution in [3.63, 3.8) is 0 Å². The van der Waals surface area contributed by atoms with Crippen molar-refractivity contribution in [3.8, 4) is 11.3 Å². The Labute approximate surface area is 180 Å². The lowest BCUT2D eigenvalue weighted by Gasteiger charge is -2.20. The Morgan fingerprint density at radius 1 is 0.966 bits per heavy atom. The van der Waals surface area contributed by atoms with Crippen molar-refractivity contribution in [1.29, 1.82) is 0 Å². The molecule has 0 saturated carbocycles. The van der Waals surface area contributed by atoms with E-state index in [1.54, 1.807) is 6.07 Å². The summed E-state index contributed by atoms with van der Waals surface area (Å²) in [5.74, 6) is 0. The molecule has 6 heteroatoms. The van der Waals surface area contributed by atoms with Gasteiger partial charge in [0.05, 0.1) is 21.4 Å². The van der Waals surface area contributed by atoms with Gasteiger partial charge in [0.25, 0.3) is 0 Å². The molecule has 3 heterocycles. The second-order valence-electron chi connectivity index (χ2n) is 7.55. The van der Waals surface area contributed by atoms with E-state index in [1.807, 2.05) is 6.20 Å². The summed E-state index contributed by atoms with van der Waals surface area (Å²) < 4.78 is 2.06. The Bertz CT molecular complexity index is 1180. The highest BCUT2D eigenvalue weighted by Gasteiger charge is 2.20. The molecule has 0 aliphatic carbocycles. The molecule has 1 saturated heterocycles. The highest BCUT2D eigenvalue weighted by atomic mass is 35.5. The van der Waals surface area contributed by atoms with Crippen LogP contribution in [0.5, 0.6) is 0 Å². The van der Waals surface area contributed by atoms with Crippen molar-refractivity contribution in [3.05, 3.63) is 70.5 Å². The van der Waals surface area contributed by atoms with Crippen LogP contribution in [0.4, 0.5) is 0 Å². The van der Waals surface area contributed by atoms with Gasteiger partial charge in [-0.1, -0.05) is 59.6 Å². The van der Waals surface area contributed by atoms with Crippen LogP contribution in [0.15, 0.2) is 54.7 Å². The van der Waals surface area contributed by atoms with Crippen LogP contribution in [-0.4, -0.2) is 40.5 Å². The predicted molar refractivity (Wildman–Crippen MR) is 121 cm³/mol. The molecular formula is C23H22Cl2N4. The number of rotatable bonds is 3. The van der Waals surface area contributed by atoms with Crippen LogP contribution in [-0.2, 0) is 6.54 Å². The largest absolute Gasteiger partial charge is 0.315 e. The normalized spacial score (nSPS) is 15.8. The molecular weight excluding hydrogens is 403 g/mol. The number of nitrogens with one attached hydrogen (secondary N) is 1. The minimum absolute atomic E-state index is 0.573. The third-order valence-electron chi connectivity index (χ3n) is 5.57.